The van der Waals surface area contributed by atoms with Crippen molar-refractivity contribution in [2.24, 2.45) is 5.16 Å². The second-order valence-corrected chi connectivity index (χ2v) is 7.52. The normalized spacial score (nSPS) is 18.2. The predicted octanol–water partition coefficient (Wildman–Crippen LogP) is 3.46. The van der Waals surface area contributed by atoms with Gasteiger partial charge in [0.1, 0.15) is 11.3 Å². The van der Waals surface area contributed by atoms with Gasteiger partial charge in [-0.3, -0.25) is 4.90 Å². The zero-order chi connectivity index (χ0) is 17.4. The molecule has 0 N–H and O–H groups in total. The summed E-state index contributed by atoms with van der Waals surface area (Å²) < 4.78 is 5.34. The molecular formula is C18H19ClN2O3. The van der Waals surface area contributed by atoms with Crippen molar-refractivity contribution in [1.82, 2.24) is 4.90 Å². The van der Waals surface area contributed by atoms with Crippen molar-refractivity contribution in [3.8, 4) is 11.8 Å². The molecule has 1 aromatic carbocycles. The molecule has 2 aliphatic rings. The third-order valence-corrected chi connectivity index (χ3v) is 3.86. The minimum Gasteiger partial charge on any atom is -0.444 e. The van der Waals surface area contributed by atoms with Gasteiger partial charge in [-0.2, -0.15) is 0 Å². The zero-order valence-electron chi connectivity index (χ0n) is 13.9. The third kappa shape index (κ3) is 3.82. The average molecular weight is 347 g/mol. The number of likely N-dealkylation sites (tertiary alicyclic amines) is 1. The van der Waals surface area contributed by atoms with E-state index in [9.17, 15) is 4.79 Å². The molecule has 0 bridgehead atoms. The van der Waals surface area contributed by atoms with Crippen LogP contribution in [-0.4, -0.2) is 41.0 Å². The van der Waals surface area contributed by atoms with Gasteiger partial charge < -0.3 is 9.57 Å². The molecule has 2 aliphatic heterocycles. The van der Waals surface area contributed by atoms with E-state index in [1.165, 1.54) is 0 Å². The Morgan fingerprint density at radius 2 is 2.12 bits per heavy atom. The molecule has 1 saturated heterocycles. The molecule has 6 heteroatoms. The van der Waals surface area contributed by atoms with Crippen LogP contribution in [0.15, 0.2) is 29.4 Å². The lowest BCUT2D eigenvalue weighted by Gasteiger charge is -2.45. The molecular weight excluding hydrogens is 328 g/mol. The first-order valence-corrected chi connectivity index (χ1v) is 8.13. The smallest absolute Gasteiger partial charge is 0.410 e. The highest BCUT2D eigenvalue weighted by molar-refractivity contribution is 6.30. The zero-order valence-corrected chi connectivity index (χ0v) is 14.7. The van der Waals surface area contributed by atoms with Gasteiger partial charge in [0.15, 0.2) is 5.60 Å². The molecule has 1 amide bonds. The fraction of sp³-hybridized carbons (Fsp3) is 0.444. The van der Waals surface area contributed by atoms with Crippen LogP contribution < -0.4 is 0 Å². The largest absolute Gasteiger partial charge is 0.444 e. The molecule has 1 spiro atoms. The summed E-state index contributed by atoms with van der Waals surface area (Å²) in [5.74, 6) is 6.04. The van der Waals surface area contributed by atoms with Gasteiger partial charge in [0.05, 0.1) is 13.1 Å². The van der Waals surface area contributed by atoms with Crippen LogP contribution in [0.3, 0.4) is 0 Å². The maximum atomic E-state index is 12.0. The molecule has 1 fully saturated rings. The van der Waals surface area contributed by atoms with E-state index in [1.807, 2.05) is 32.9 Å². The lowest BCUT2D eigenvalue weighted by molar-refractivity contribution is -0.122. The molecule has 0 unspecified atom stereocenters. The Labute approximate surface area is 146 Å². The first kappa shape index (κ1) is 16.7. The van der Waals surface area contributed by atoms with Gasteiger partial charge in [-0.25, -0.2) is 4.79 Å². The molecule has 0 saturated carbocycles. The van der Waals surface area contributed by atoms with Crippen molar-refractivity contribution in [1.29, 1.82) is 0 Å². The number of halogens is 1. The van der Waals surface area contributed by atoms with E-state index in [0.29, 0.717) is 30.2 Å². The molecule has 0 aromatic heterocycles. The number of carbonyl (C=O) groups excluding carboxylic acids is 1. The molecule has 2 heterocycles. The summed E-state index contributed by atoms with van der Waals surface area (Å²) >= 11 is 5.94. The summed E-state index contributed by atoms with van der Waals surface area (Å²) in [7, 11) is 0. The van der Waals surface area contributed by atoms with Crippen LogP contribution in [-0.2, 0) is 9.57 Å². The number of benzene rings is 1. The first-order valence-electron chi connectivity index (χ1n) is 7.75. The summed E-state index contributed by atoms with van der Waals surface area (Å²) in [6.07, 6.45) is 0.273. The van der Waals surface area contributed by atoms with Crippen LogP contribution in [0.5, 0.6) is 0 Å². The Bertz CT molecular complexity index is 750. The summed E-state index contributed by atoms with van der Waals surface area (Å²) in [6.45, 7) is 6.47. The minimum atomic E-state index is -0.500. The fourth-order valence-electron chi connectivity index (χ4n) is 2.57. The molecule has 24 heavy (non-hydrogen) atoms. The second kappa shape index (κ2) is 6.03. The molecule has 3 rings (SSSR count). The van der Waals surface area contributed by atoms with Crippen molar-refractivity contribution in [3.05, 3.63) is 34.9 Å². The van der Waals surface area contributed by atoms with Crippen molar-refractivity contribution in [2.45, 2.75) is 38.4 Å². The summed E-state index contributed by atoms with van der Waals surface area (Å²) in [6, 6.07) is 7.34. The summed E-state index contributed by atoms with van der Waals surface area (Å²) in [5.41, 5.74) is 0.560. The predicted molar refractivity (Wildman–Crippen MR) is 92.0 cm³/mol. The number of amides is 1. The van der Waals surface area contributed by atoms with E-state index in [2.05, 4.69) is 17.0 Å². The van der Waals surface area contributed by atoms with Crippen LogP contribution in [0.25, 0.3) is 0 Å². The number of carbonyl (C=O) groups is 1. The van der Waals surface area contributed by atoms with Gasteiger partial charge >= 0.3 is 6.09 Å². The van der Waals surface area contributed by atoms with Crippen molar-refractivity contribution >= 4 is 23.4 Å². The van der Waals surface area contributed by atoms with Crippen LogP contribution in [0.2, 0.25) is 5.02 Å². The molecule has 0 aliphatic carbocycles. The monoisotopic (exact) mass is 346 g/mol. The molecule has 0 atom stereocenters. The number of oxime groups is 1. The van der Waals surface area contributed by atoms with E-state index in [0.717, 1.165) is 5.56 Å². The van der Waals surface area contributed by atoms with Gasteiger partial charge in [-0.1, -0.05) is 28.7 Å². The van der Waals surface area contributed by atoms with E-state index in [4.69, 9.17) is 21.2 Å². The lowest BCUT2D eigenvalue weighted by Crippen LogP contribution is -2.64. The Kier molecular flexibility index (Phi) is 4.18. The highest BCUT2D eigenvalue weighted by Gasteiger charge is 2.52. The first-order chi connectivity index (χ1) is 11.2. The molecule has 5 nitrogen and oxygen atoms in total. The van der Waals surface area contributed by atoms with E-state index < -0.39 is 11.2 Å². The summed E-state index contributed by atoms with van der Waals surface area (Å²) in [5, 5.41) is 4.70. The third-order valence-electron chi connectivity index (χ3n) is 3.62. The standard InChI is InChI=1S/C18H19ClN2O3/c1-17(2,3)23-16(22)21-11-18(12-21)10-15(20-24-18)8-7-13-5-4-6-14(19)9-13/h4-6,9H,10-12H2,1-3H3. The van der Waals surface area contributed by atoms with Crippen molar-refractivity contribution in [3.63, 3.8) is 0 Å². The number of hydrogen-bond donors (Lipinski definition) is 0. The van der Waals surface area contributed by atoms with Crippen LogP contribution in [0.1, 0.15) is 32.8 Å². The highest BCUT2D eigenvalue weighted by Crippen LogP contribution is 2.34. The van der Waals surface area contributed by atoms with Gasteiger partial charge in [-0.05, 0) is 44.9 Å². The van der Waals surface area contributed by atoms with E-state index in [-0.39, 0.29) is 6.09 Å². The van der Waals surface area contributed by atoms with Crippen LogP contribution in [0.4, 0.5) is 4.79 Å². The van der Waals surface area contributed by atoms with Gasteiger partial charge in [0.25, 0.3) is 0 Å². The van der Waals surface area contributed by atoms with Crippen LogP contribution >= 0.6 is 11.6 Å². The number of rotatable bonds is 0. The Balaban J connectivity index is 1.55. The van der Waals surface area contributed by atoms with Gasteiger partial charge in [0.2, 0.25) is 0 Å². The Morgan fingerprint density at radius 3 is 2.79 bits per heavy atom. The fourth-order valence-corrected chi connectivity index (χ4v) is 2.76. The second-order valence-electron chi connectivity index (χ2n) is 7.09. The Morgan fingerprint density at radius 1 is 1.38 bits per heavy atom. The van der Waals surface area contributed by atoms with Gasteiger partial charge in [0, 0.05) is 17.0 Å². The lowest BCUT2D eigenvalue weighted by atomic mass is 9.89. The van der Waals surface area contributed by atoms with Crippen molar-refractivity contribution < 1.29 is 14.4 Å². The Hall–Kier alpha value is -2.19. The van der Waals surface area contributed by atoms with Gasteiger partial charge in [-0.15, -0.1) is 0 Å². The number of nitrogens with zero attached hydrogens (tertiary/aromatic N) is 2. The molecule has 1 aromatic rings. The SMILES string of the molecule is CC(C)(C)OC(=O)N1CC2(CC(C#Cc3cccc(Cl)c3)=NO2)C1. The maximum absolute atomic E-state index is 12.0. The number of hydrogen-bond acceptors (Lipinski definition) is 4. The quantitative estimate of drug-likeness (QED) is 0.676. The topological polar surface area (TPSA) is 51.1 Å². The minimum absolute atomic E-state index is 0.324. The maximum Gasteiger partial charge on any atom is 0.410 e. The number of ether oxygens (including phenoxy) is 1. The molecule has 0 radical (unpaired) electrons. The highest BCUT2D eigenvalue weighted by atomic mass is 35.5. The van der Waals surface area contributed by atoms with Crippen molar-refractivity contribution in [2.75, 3.05) is 13.1 Å². The summed E-state index contributed by atoms with van der Waals surface area (Å²) in [4.78, 5) is 19.1. The van der Waals surface area contributed by atoms with Crippen LogP contribution in [0, 0.1) is 11.8 Å². The molecule has 126 valence electrons. The average Bonchev–Trinajstić information content (AvgIpc) is 2.86. The van der Waals surface area contributed by atoms with E-state index >= 15 is 0 Å². The van der Waals surface area contributed by atoms with E-state index in [1.54, 1.807) is 17.0 Å².